The number of H-pyrrole nitrogens is 1. The van der Waals surface area contributed by atoms with E-state index < -0.39 is 5.91 Å². The zero-order valence-electron chi connectivity index (χ0n) is 15.5. The predicted molar refractivity (Wildman–Crippen MR) is 108 cm³/mol. The molecule has 3 aromatic heterocycles. The highest BCUT2D eigenvalue weighted by Gasteiger charge is 2.21. The van der Waals surface area contributed by atoms with Gasteiger partial charge in [0.05, 0.1) is 22.4 Å². The number of hydrogen-bond acceptors (Lipinski definition) is 7. The number of benzene rings is 1. The number of aromatic amines is 1. The minimum Gasteiger partial charge on any atom is -0.461 e. The number of amides is 1. The Balaban J connectivity index is 1.66. The van der Waals surface area contributed by atoms with Crippen molar-refractivity contribution in [1.82, 2.24) is 24.7 Å². The zero-order chi connectivity index (χ0) is 20.4. The number of nitrogens with two attached hydrogens (primary N) is 1. The maximum Gasteiger partial charge on any atom is 0.258 e. The van der Waals surface area contributed by atoms with E-state index in [1.807, 2.05) is 13.0 Å². The van der Waals surface area contributed by atoms with Gasteiger partial charge in [-0.2, -0.15) is 0 Å². The average molecular weight is 410 g/mol. The van der Waals surface area contributed by atoms with Crippen molar-refractivity contribution in [3.63, 3.8) is 0 Å². The number of nitrogens with one attached hydrogen (secondary N) is 1. The van der Waals surface area contributed by atoms with Gasteiger partial charge in [0.25, 0.3) is 5.56 Å². The second-order valence-electron chi connectivity index (χ2n) is 6.38. The summed E-state index contributed by atoms with van der Waals surface area (Å²) in [6, 6.07) is 10.7. The summed E-state index contributed by atoms with van der Waals surface area (Å²) in [4.78, 5) is 31.1. The summed E-state index contributed by atoms with van der Waals surface area (Å²) in [7, 11) is 0. The van der Waals surface area contributed by atoms with Crippen LogP contribution in [-0.2, 0) is 11.3 Å². The molecule has 0 aliphatic carbocycles. The molecule has 1 amide bonds. The summed E-state index contributed by atoms with van der Waals surface area (Å²) in [6.45, 7) is 2.23. The molecule has 3 N–H and O–H groups in total. The van der Waals surface area contributed by atoms with E-state index in [4.69, 9.17) is 10.2 Å². The summed E-state index contributed by atoms with van der Waals surface area (Å²) in [5.74, 6) is 1.15. The number of nitrogens with zero attached hydrogens (tertiary/aromatic N) is 4. The summed E-state index contributed by atoms with van der Waals surface area (Å²) in [5.41, 5.74) is 5.76. The van der Waals surface area contributed by atoms with Gasteiger partial charge in [0.15, 0.2) is 16.7 Å². The lowest BCUT2D eigenvalue weighted by molar-refractivity contribution is -0.118. The van der Waals surface area contributed by atoms with Gasteiger partial charge < -0.3 is 15.1 Å². The van der Waals surface area contributed by atoms with Crippen molar-refractivity contribution in [3.8, 4) is 11.6 Å². The Morgan fingerprint density at radius 3 is 2.86 bits per heavy atom. The fourth-order valence-electron chi connectivity index (χ4n) is 2.90. The van der Waals surface area contributed by atoms with Crippen LogP contribution in [0.1, 0.15) is 24.4 Å². The largest absolute Gasteiger partial charge is 0.461 e. The van der Waals surface area contributed by atoms with Crippen LogP contribution in [0.25, 0.3) is 22.5 Å². The number of para-hydroxylation sites is 1. The minimum absolute atomic E-state index is 0.138. The van der Waals surface area contributed by atoms with Gasteiger partial charge in [-0.25, -0.2) is 4.98 Å². The van der Waals surface area contributed by atoms with Crippen LogP contribution in [0.3, 0.4) is 0 Å². The second-order valence-corrected chi connectivity index (χ2v) is 7.69. The van der Waals surface area contributed by atoms with Crippen LogP contribution in [0.15, 0.2) is 57.0 Å². The van der Waals surface area contributed by atoms with Gasteiger partial charge in [0.1, 0.15) is 5.82 Å². The zero-order valence-corrected chi connectivity index (χ0v) is 16.3. The van der Waals surface area contributed by atoms with Crippen molar-refractivity contribution in [3.05, 3.63) is 58.8 Å². The highest BCUT2D eigenvalue weighted by molar-refractivity contribution is 7.99. The van der Waals surface area contributed by atoms with Gasteiger partial charge >= 0.3 is 0 Å². The normalized spacial score (nSPS) is 12.3. The highest BCUT2D eigenvalue weighted by Crippen LogP contribution is 2.34. The number of rotatable bonds is 7. The molecule has 10 heteroatoms. The van der Waals surface area contributed by atoms with Crippen LogP contribution in [0.4, 0.5) is 0 Å². The molecule has 1 unspecified atom stereocenters. The van der Waals surface area contributed by atoms with Gasteiger partial charge in [0.2, 0.25) is 5.91 Å². The van der Waals surface area contributed by atoms with Gasteiger partial charge in [-0.3, -0.25) is 14.2 Å². The van der Waals surface area contributed by atoms with Crippen molar-refractivity contribution >= 4 is 28.6 Å². The van der Waals surface area contributed by atoms with Crippen LogP contribution < -0.4 is 11.3 Å². The number of carbonyl (C=O) groups is 1. The molecule has 1 aromatic carbocycles. The molecule has 0 spiro atoms. The fourth-order valence-corrected chi connectivity index (χ4v) is 3.83. The number of aromatic nitrogens is 5. The Labute approximate surface area is 169 Å². The third-order valence-electron chi connectivity index (χ3n) is 4.34. The number of hydrogen-bond donors (Lipinski definition) is 2. The maximum atomic E-state index is 12.4. The third-order valence-corrected chi connectivity index (χ3v) is 5.43. The molecule has 9 nitrogen and oxygen atoms in total. The monoisotopic (exact) mass is 410 g/mol. The minimum atomic E-state index is -0.423. The number of carbonyl (C=O) groups excluding carboxylic acids is 1. The molecular weight excluding hydrogens is 392 g/mol. The topological polar surface area (TPSA) is 133 Å². The van der Waals surface area contributed by atoms with Crippen molar-refractivity contribution in [1.29, 1.82) is 0 Å². The van der Waals surface area contributed by atoms with Crippen LogP contribution in [0.5, 0.6) is 0 Å². The summed E-state index contributed by atoms with van der Waals surface area (Å²) >= 11 is 1.37. The molecule has 0 saturated heterocycles. The summed E-state index contributed by atoms with van der Waals surface area (Å²) in [5, 5.41) is 9.34. The van der Waals surface area contributed by atoms with Crippen molar-refractivity contribution in [2.24, 2.45) is 5.73 Å². The van der Waals surface area contributed by atoms with Gasteiger partial charge in [-0.05, 0) is 31.2 Å². The molecule has 0 saturated carbocycles. The van der Waals surface area contributed by atoms with E-state index in [2.05, 4.69) is 20.2 Å². The molecule has 0 aliphatic heterocycles. The Morgan fingerprint density at radius 2 is 2.10 bits per heavy atom. The first-order valence-corrected chi connectivity index (χ1v) is 9.82. The van der Waals surface area contributed by atoms with Crippen LogP contribution in [-0.4, -0.2) is 30.6 Å². The van der Waals surface area contributed by atoms with Crippen LogP contribution >= 0.6 is 11.8 Å². The molecule has 148 valence electrons. The fraction of sp³-hybridized carbons (Fsp3) is 0.211. The number of thioether (sulfide) groups is 1. The van der Waals surface area contributed by atoms with Gasteiger partial charge in [0, 0.05) is 13.0 Å². The quantitative estimate of drug-likeness (QED) is 0.447. The smallest absolute Gasteiger partial charge is 0.258 e. The number of furan rings is 1. The summed E-state index contributed by atoms with van der Waals surface area (Å²) < 4.78 is 7.21. The molecule has 0 fully saturated rings. The summed E-state index contributed by atoms with van der Waals surface area (Å²) in [6.07, 6.45) is 1.68. The van der Waals surface area contributed by atoms with E-state index in [1.165, 1.54) is 11.8 Å². The first kappa shape index (κ1) is 18.9. The van der Waals surface area contributed by atoms with E-state index in [-0.39, 0.29) is 17.2 Å². The standard InChI is InChI=1S/C19H18N6O3S/c1-11(16-21-13-6-3-2-5-12(13)18(27)22-16)29-19-24-23-17(14-7-4-10-28-14)25(19)9-8-15(20)26/h2-7,10-11H,8-9H2,1H3,(H2,20,26)(H,21,22,27). The van der Waals surface area contributed by atoms with E-state index in [0.29, 0.717) is 40.0 Å². The van der Waals surface area contributed by atoms with Crippen molar-refractivity contribution < 1.29 is 9.21 Å². The van der Waals surface area contributed by atoms with Gasteiger partial charge in [-0.15, -0.1) is 10.2 Å². The molecule has 0 bridgehead atoms. The lowest BCUT2D eigenvalue weighted by Gasteiger charge is -2.12. The number of fused-ring (bicyclic) bond motifs is 1. The Morgan fingerprint density at radius 1 is 1.28 bits per heavy atom. The number of primary amides is 1. The maximum absolute atomic E-state index is 12.4. The third kappa shape index (κ3) is 3.92. The molecule has 4 aromatic rings. The van der Waals surface area contributed by atoms with Gasteiger partial charge in [-0.1, -0.05) is 23.9 Å². The van der Waals surface area contributed by atoms with E-state index in [9.17, 15) is 9.59 Å². The van der Waals surface area contributed by atoms with E-state index in [1.54, 1.807) is 41.2 Å². The second kappa shape index (κ2) is 7.92. The van der Waals surface area contributed by atoms with E-state index in [0.717, 1.165) is 0 Å². The molecular formula is C19H18N6O3S. The predicted octanol–water partition coefficient (Wildman–Crippen LogP) is 2.50. The molecule has 4 rings (SSSR count). The van der Waals surface area contributed by atoms with Crippen LogP contribution in [0, 0.1) is 0 Å². The first-order chi connectivity index (χ1) is 14.0. The van der Waals surface area contributed by atoms with E-state index >= 15 is 0 Å². The molecule has 3 heterocycles. The first-order valence-electron chi connectivity index (χ1n) is 8.94. The Hall–Kier alpha value is -3.40. The molecule has 0 radical (unpaired) electrons. The molecule has 0 aliphatic rings. The van der Waals surface area contributed by atoms with Crippen molar-refractivity contribution in [2.75, 3.05) is 0 Å². The Bertz CT molecular complexity index is 1210. The highest BCUT2D eigenvalue weighted by atomic mass is 32.2. The van der Waals surface area contributed by atoms with Crippen LogP contribution in [0.2, 0.25) is 0 Å². The lowest BCUT2D eigenvalue weighted by atomic mass is 10.2. The SMILES string of the molecule is CC(Sc1nnc(-c2ccco2)n1CCC(N)=O)c1nc2ccccc2c(=O)[nH]1. The molecule has 29 heavy (non-hydrogen) atoms. The van der Waals surface area contributed by atoms with Crippen molar-refractivity contribution in [2.45, 2.75) is 30.3 Å². The lowest BCUT2D eigenvalue weighted by Crippen LogP contribution is -2.15. The molecule has 1 atom stereocenters. The average Bonchev–Trinajstić information content (AvgIpc) is 3.36. The Kier molecular flexibility index (Phi) is 5.17.